The van der Waals surface area contributed by atoms with Crippen LogP contribution in [0.3, 0.4) is 0 Å². The van der Waals surface area contributed by atoms with Gasteiger partial charge in [0, 0.05) is 4.47 Å². The quantitative estimate of drug-likeness (QED) is 0.819. The maximum Gasteiger partial charge on any atom is 0.253 e. The van der Waals surface area contributed by atoms with Crippen molar-refractivity contribution < 1.29 is 9.90 Å². The maximum absolute atomic E-state index is 10.9. The van der Waals surface area contributed by atoms with E-state index in [1.54, 1.807) is 24.3 Å². The first kappa shape index (κ1) is 10.2. The summed E-state index contributed by atoms with van der Waals surface area (Å²) in [6.45, 7) is 1.37. The molecule has 0 spiro atoms. The molecule has 0 fully saturated rings. The largest absolute Gasteiger partial charge is 0.376 e. The normalized spacial score (nSPS) is 15.0. The molecule has 0 aliphatic rings. The van der Waals surface area contributed by atoms with Crippen LogP contribution in [0.5, 0.6) is 0 Å². The Kier molecular flexibility index (Phi) is 2.73. The molecule has 13 heavy (non-hydrogen) atoms. The third-order valence-electron chi connectivity index (χ3n) is 1.87. The summed E-state index contributed by atoms with van der Waals surface area (Å²) < 4.78 is 0.798. The topological polar surface area (TPSA) is 63.3 Å². The van der Waals surface area contributed by atoms with E-state index in [9.17, 15) is 9.90 Å². The van der Waals surface area contributed by atoms with Crippen LogP contribution in [0.4, 0.5) is 0 Å². The Bertz CT molecular complexity index is 336. The molecular formula is C9H10BrNO2. The van der Waals surface area contributed by atoms with Gasteiger partial charge in [-0.15, -0.1) is 0 Å². The van der Waals surface area contributed by atoms with Crippen molar-refractivity contribution in [3.05, 3.63) is 34.3 Å². The molecule has 1 amide bonds. The smallest absolute Gasteiger partial charge is 0.253 e. The van der Waals surface area contributed by atoms with Gasteiger partial charge < -0.3 is 10.8 Å². The van der Waals surface area contributed by atoms with Gasteiger partial charge in [-0.3, -0.25) is 4.79 Å². The minimum atomic E-state index is -1.61. The Hall–Kier alpha value is -0.870. The van der Waals surface area contributed by atoms with Crippen LogP contribution in [0.15, 0.2) is 28.7 Å². The number of hydrogen-bond donors (Lipinski definition) is 2. The first-order chi connectivity index (χ1) is 5.94. The second kappa shape index (κ2) is 3.47. The molecule has 0 heterocycles. The van der Waals surface area contributed by atoms with E-state index < -0.39 is 11.5 Å². The van der Waals surface area contributed by atoms with Crippen LogP contribution in [0.25, 0.3) is 0 Å². The van der Waals surface area contributed by atoms with E-state index in [-0.39, 0.29) is 0 Å². The monoisotopic (exact) mass is 243 g/mol. The van der Waals surface area contributed by atoms with E-state index in [1.807, 2.05) is 0 Å². The summed E-state index contributed by atoms with van der Waals surface area (Å²) >= 11 is 3.24. The van der Waals surface area contributed by atoms with Gasteiger partial charge in [0.1, 0.15) is 0 Å². The average molecular weight is 244 g/mol. The molecule has 0 aliphatic heterocycles. The lowest BCUT2D eigenvalue weighted by molar-refractivity contribution is -0.135. The predicted octanol–water partition coefficient (Wildman–Crippen LogP) is 1.14. The Balaban J connectivity index is 3.14. The summed E-state index contributed by atoms with van der Waals surface area (Å²) in [4.78, 5) is 10.9. The number of benzene rings is 1. The molecule has 0 aliphatic carbocycles. The van der Waals surface area contributed by atoms with Gasteiger partial charge in [-0.1, -0.05) is 28.1 Å². The highest BCUT2D eigenvalue weighted by molar-refractivity contribution is 9.10. The van der Waals surface area contributed by atoms with Gasteiger partial charge in [-0.25, -0.2) is 0 Å². The summed E-state index contributed by atoms with van der Waals surface area (Å²) in [5.74, 6) is -0.759. The van der Waals surface area contributed by atoms with Crippen molar-refractivity contribution >= 4 is 21.8 Å². The maximum atomic E-state index is 10.9. The summed E-state index contributed by atoms with van der Waals surface area (Å²) in [7, 11) is 0. The number of amides is 1. The molecule has 0 saturated heterocycles. The van der Waals surface area contributed by atoms with Gasteiger partial charge in [-0.2, -0.15) is 0 Å². The molecular weight excluding hydrogens is 234 g/mol. The Labute approximate surface area is 84.7 Å². The van der Waals surface area contributed by atoms with E-state index in [0.29, 0.717) is 5.56 Å². The number of primary amides is 1. The third kappa shape index (κ3) is 2.08. The molecule has 4 heteroatoms. The number of nitrogens with two attached hydrogens (primary N) is 1. The van der Waals surface area contributed by atoms with Gasteiger partial charge in [0.05, 0.1) is 0 Å². The van der Waals surface area contributed by atoms with Gasteiger partial charge in [0.15, 0.2) is 5.60 Å². The lowest BCUT2D eigenvalue weighted by Gasteiger charge is -2.19. The highest BCUT2D eigenvalue weighted by atomic mass is 79.9. The number of carbonyl (C=O) groups is 1. The molecule has 1 atom stereocenters. The Morgan fingerprint density at radius 3 is 2.69 bits per heavy atom. The van der Waals surface area contributed by atoms with Crippen molar-refractivity contribution in [1.29, 1.82) is 0 Å². The lowest BCUT2D eigenvalue weighted by Crippen LogP contribution is -2.38. The molecule has 1 aromatic carbocycles. The minimum absolute atomic E-state index is 0.481. The predicted molar refractivity (Wildman–Crippen MR) is 52.9 cm³/mol. The van der Waals surface area contributed by atoms with E-state index >= 15 is 0 Å². The van der Waals surface area contributed by atoms with Crippen LogP contribution in [-0.2, 0) is 10.4 Å². The number of aliphatic hydroxyl groups is 1. The van der Waals surface area contributed by atoms with E-state index in [0.717, 1.165) is 4.47 Å². The van der Waals surface area contributed by atoms with Crippen molar-refractivity contribution in [2.45, 2.75) is 12.5 Å². The third-order valence-corrected chi connectivity index (χ3v) is 2.36. The van der Waals surface area contributed by atoms with Crippen LogP contribution >= 0.6 is 15.9 Å². The molecule has 0 aromatic heterocycles. The van der Waals surface area contributed by atoms with Crippen LogP contribution in [0, 0.1) is 0 Å². The number of rotatable bonds is 2. The fraction of sp³-hybridized carbons (Fsp3) is 0.222. The molecule has 0 bridgehead atoms. The van der Waals surface area contributed by atoms with Crippen molar-refractivity contribution in [2.24, 2.45) is 5.73 Å². The zero-order valence-corrected chi connectivity index (χ0v) is 8.71. The first-order valence-corrected chi connectivity index (χ1v) is 4.52. The average Bonchev–Trinajstić information content (AvgIpc) is 2.04. The fourth-order valence-corrected chi connectivity index (χ4v) is 1.33. The van der Waals surface area contributed by atoms with Gasteiger partial charge in [0.2, 0.25) is 0 Å². The van der Waals surface area contributed by atoms with Crippen molar-refractivity contribution in [2.75, 3.05) is 0 Å². The molecule has 3 nitrogen and oxygen atoms in total. The SMILES string of the molecule is CC(O)(C(N)=O)c1cccc(Br)c1. The molecule has 1 unspecified atom stereocenters. The van der Waals surface area contributed by atoms with Crippen LogP contribution in [0.2, 0.25) is 0 Å². The summed E-state index contributed by atoms with van der Waals surface area (Å²) in [6, 6.07) is 6.84. The summed E-state index contributed by atoms with van der Waals surface area (Å²) in [5, 5.41) is 9.69. The zero-order valence-electron chi connectivity index (χ0n) is 7.12. The van der Waals surface area contributed by atoms with Crippen LogP contribution < -0.4 is 5.73 Å². The molecule has 3 N–H and O–H groups in total. The molecule has 1 rings (SSSR count). The number of carbonyl (C=O) groups excluding carboxylic acids is 1. The van der Waals surface area contributed by atoms with Gasteiger partial charge >= 0.3 is 0 Å². The van der Waals surface area contributed by atoms with Crippen molar-refractivity contribution in [3.63, 3.8) is 0 Å². The Morgan fingerprint density at radius 1 is 1.62 bits per heavy atom. The highest BCUT2D eigenvalue weighted by Crippen LogP contribution is 2.22. The van der Waals surface area contributed by atoms with E-state index in [2.05, 4.69) is 15.9 Å². The summed E-state index contributed by atoms with van der Waals surface area (Å²) in [6.07, 6.45) is 0. The Morgan fingerprint density at radius 2 is 2.23 bits per heavy atom. The van der Waals surface area contributed by atoms with E-state index in [4.69, 9.17) is 5.73 Å². The molecule has 70 valence electrons. The van der Waals surface area contributed by atoms with Gasteiger partial charge in [0.25, 0.3) is 5.91 Å². The standard InChI is InChI=1S/C9H10BrNO2/c1-9(13,8(11)12)6-3-2-4-7(10)5-6/h2-5,13H,1H3,(H2,11,12). The van der Waals surface area contributed by atoms with E-state index in [1.165, 1.54) is 6.92 Å². The number of halogens is 1. The zero-order chi connectivity index (χ0) is 10.1. The second-order valence-corrected chi connectivity index (χ2v) is 3.86. The van der Waals surface area contributed by atoms with Crippen molar-refractivity contribution in [1.82, 2.24) is 0 Å². The summed E-state index contributed by atoms with van der Waals surface area (Å²) in [5.41, 5.74) is 3.92. The van der Waals surface area contributed by atoms with Crippen LogP contribution in [-0.4, -0.2) is 11.0 Å². The van der Waals surface area contributed by atoms with Gasteiger partial charge in [-0.05, 0) is 24.6 Å². The first-order valence-electron chi connectivity index (χ1n) is 3.73. The second-order valence-electron chi connectivity index (χ2n) is 2.95. The van der Waals surface area contributed by atoms with Crippen molar-refractivity contribution in [3.8, 4) is 0 Å². The minimum Gasteiger partial charge on any atom is -0.376 e. The van der Waals surface area contributed by atoms with Crippen LogP contribution in [0.1, 0.15) is 12.5 Å². The fourth-order valence-electron chi connectivity index (χ4n) is 0.934. The molecule has 0 radical (unpaired) electrons. The highest BCUT2D eigenvalue weighted by Gasteiger charge is 2.29. The lowest BCUT2D eigenvalue weighted by atomic mass is 9.96. The molecule has 1 aromatic rings. The number of hydrogen-bond acceptors (Lipinski definition) is 2. The molecule has 0 saturated carbocycles.